The van der Waals surface area contributed by atoms with Gasteiger partial charge in [-0.2, -0.15) is 13.0 Å². The van der Waals surface area contributed by atoms with E-state index in [1.165, 1.54) is 30.4 Å². The molecule has 0 bridgehead atoms. The first-order chi connectivity index (χ1) is 12.9. The molecule has 0 saturated heterocycles. The standard InChI is InChI=1S/C18H21NO7S2/c1-18(2)15-13-14(28(24,25)26)8-9-16(15)19(10-6-12-27(21,22)23)17(18)7-4-3-5-11-20/h3-5,7-9,11,13H,6,10,12H2,1-2H3,(H-,21,22,23,24,25,26)/b5-3+,7-4+. The molecule has 0 radical (unpaired) electrons. The highest BCUT2D eigenvalue weighted by Gasteiger charge is 2.44. The second-order valence-electron chi connectivity index (χ2n) is 6.81. The number of hydrogen-bond acceptors (Lipinski definition) is 6. The molecule has 1 heterocycles. The number of fused-ring (bicyclic) bond motifs is 1. The number of hydrogen-bond donors (Lipinski definition) is 1. The zero-order valence-electron chi connectivity index (χ0n) is 15.4. The summed E-state index contributed by atoms with van der Waals surface area (Å²) in [4.78, 5) is 10.1. The molecule has 1 aliphatic heterocycles. The fourth-order valence-electron chi connectivity index (χ4n) is 3.21. The summed E-state index contributed by atoms with van der Waals surface area (Å²) in [7, 11) is -8.74. The van der Waals surface area contributed by atoms with Crippen LogP contribution in [0.3, 0.4) is 0 Å². The quantitative estimate of drug-likeness (QED) is 0.219. The van der Waals surface area contributed by atoms with Gasteiger partial charge in [0.25, 0.3) is 10.1 Å². The molecule has 1 aromatic carbocycles. The molecule has 0 atom stereocenters. The van der Waals surface area contributed by atoms with Crippen LogP contribution in [-0.2, 0) is 30.4 Å². The Hall–Kier alpha value is -2.14. The summed E-state index contributed by atoms with van der Waals surface area (Å²) in [5.41, 5.74) is 1.30. The second kappa shape index (κ2) is 8.08. The van der Waals surface area contributed by atoms with Crippen LogP contribution in [0.1, 0.15) is 25.8 Å². The number of carbonyl (C=O) groups is 1. The van der Waals surface area contributed by atoms with Crippen molar-refractivity contribution < 1.29 is 35.3 Å². The molecule has 10 heteroatoms. The second-order valence-corrected chi connectivity index (χ2v) is 9.77. The summed E-state index contributed by atoms with van der Waals surface area (Å²) in [5, 5.41) is 0. The SMILES string of the molecule is CC1(C)C(/C=C/C=C/C=O)=[N+](CCCS(=O)(=O)O)c2ccc(S(=O)(=O)[O-])cc21. The molecule has 28 heavy (non-hydrogen) atoms. The van der Waals surface area contributed by atoms with E-state index in [4.69, 9.17) is 4.55 Å². The minimum Gasteiger partial charge on any atom is -0.744 e. The van der Waals surface area contributed by atoms with Gasteiger partial charge in [-0.05, 0) is 32.1 Å². The van der Waals surface area contributed by atoms with E-state index in [9.17, 15) is 26.2 Å². The summed E-state index contributed by atoms with van der Waals surface area (Å²) in [6.07, 6.45) is 6.97. The normalized spacial score (nSPS) is 16.9. The van der Waals surface area contributed by atoms with Crippen LogP contribution in [0.25, 0.3) is 0 Å². The number of allylic oxidation sites excluding steroid dienone is 4. The van der Waals surface area contributed by atoms with Gasteiger partial charge in [0.15, 0.2) is 5.71 Å². The summed E-state index contributed by atoms with van der Waals surface area (Å²) >= 11 is 0. The van der Waals surface area contributed by atoms with Crippen LogP contribution in [0.15, 0.2) is 47.4 Å². The smallest absolute Gasteiger partial charge is 0.265 e. The molecule has 0 amide bonds. The highest BCUT2D eigenvalue weighted by molar-refractivity contribution is 7.86. The van der Waals surface area contributed by atoms with Gasteiger partial charge in [-0.1, -0.05) is 12.2 Å². The van der Waals surface area contributed by atoms with E-state index in [0.717, 1.165) is 5.71 Å². The van der Waals surface area contributed by atoms with Crippen molar-refractivity contribution in [2.45, 2.75) is 30.6 Å². The van der Waals surface area contributed by atoms with E-state index in [-0.39, 0.29) is 17.9 Å². The van der Waals surface area contributed by atoms with Crippen molar-refractivity contribution in [3.8, 4) is 0 Å². The molecule has 0 aromatic heterocycles. The maximum absolute atomic E-state index is 11.4. The summed E-state index contributed by atoms with van der Waals surface area (Å²) in [5.74, 6) is -0.422. The Bertz CT molecular complexity index is 1080. The molecule has 0 saturated carbocycles. The number of carbonyl (C=O) groups excluding carboxylic acids is 1. The molecule has 1 N–H and O–H groups in total. The lowest BCUT2D eigenvalue weighted by Crippen LogP contribution is -2.28. The molecule has 152 valence electrons. The van der Waals surface area contributed by atoms with Gasteiger partial charge in [-0.25, -0.2) is 8.42 Å². The highest BCUT2D eigenvalue weighted by Crippen LogP contribution is 2.41. The van der Waals surface area contributed by atoms with Crippen LogP contribution < -0.4 is 0 Å². The van der Waals surface area contributed by atoms with Crippen LogP contribution in [0.5, 0.6) is 0 Å². The van der Waals surface area contributed by atoms with Gasteiger partial charge in [0.2, 0.25) is 5.69 Å². The highest BCUT2D eigenvalue weighted by atomic mass is 32.2. The fraction of sp³-hybridized carbons (Fsp3) is 0.333. The fourth-order valence-corrected chi connectivity index (χ4v) is 4.20. The molecule has 0 fully saturated rings. The van der Waals surface area contributed by atoms with Crippen molar-refractivity contribution in [1.82, 2.24) is 0 Å². The van der Waals surface area contributed by atoms with Crippen LogP contribution >= 0.6 is 0 Å². The molecule has 0 spiro atoms. The third-order valence-corrected chi connectivity index (χ3v) is 6.13. The Kier molecular flexibility index (Phi) is 6.39. The molecule has 8 nitrogen and oxygen atoms in total. The van der Waals surface area contributed by atoms with Crippen molar-refractivity contribution in [1.29, 1.82) is 0 Å². The van der Waals surface area contributed by atoms with E-state index >= 15 is 0 Å². The van der Waals surface area contributed by atoms with E-state index in [1.54, 1.807) is 12.2 Å². The zero-order chi connectivity index (χ0) is 21.2. The van der Waals surface area contributed by atoms with Crippen molar-refractivity contribution >= 4 is 37.9 Å². The van der Waals surface area contributed by atoms with Crippen molar-refractivity contribution in [3.63, 3.8) is 0 Å². The Morgan fingerprint density at radius 1 is 1.14 bits per heavy atom. The zero-order valence-corrected chi connectivity index (χ0v) is 17.0. The van der Waals surface area contributed by atoms with Gasteiger partial charge in [-0.3, -0.25) is 9.35 Å². The minimum absolute atomic E-state index is 0.136. The van der Waals surface area contributed by atoms with Gasteiger partial charge in [0.05, 0.1) is 16.1 Å². The lowest BCUT2D eigenvalue weighted by atomic mass is 9.81. The molecule has 0 aliphatic carbocycles. The third kappa shape index (κ3) is 5.02. The maximum atomic E-state index is 11.4. The summed E-state index contributed by atoms with van der Waals surface area (Å²) in [6.45, 7) is 3.94. The number of nitrogens with zero attached hydrogens (tertiary/aromatic N) is 1. The number of benzene rings is 1. The molecular formula is C18H21NO7S2. The Morgan fingerprint density at radius 3 is 2.39 bits per heavy atom. The van der Waals surface area contributed by atoms with Crippen LogP contribution in [-0.4, -0.2) is 54.8 Å². The lowest BCUT2D eigenvalue weighted by molar-refractivity contribution is -0.437. The topological polar surface area (TPSA) is 132 Å². The molecule has 1 aliphatic rings. The summed E-state index contributed by atoms with van der Waals surface area (Å²) in [6, 6.07) is 4.05. The maximum Gasteiger partial charge on any atom is 0.265 e. The van der Waals surface area contributed by atoms with Crippen molar-refractivity contribution in [2.75, 3.05) is 12.3 Å². The van der Waals surface area contributed by atoms with Crippen molar-refractivity contribution in [2.24, 2.45) is 0 Å². The third-order valence-electron chi connectivity index (χ3n) is 4.49. The van der Waals surface area contributed by atoms with Gasteiger partial charge >= 0.3 is 0 Å². The number of aldehydes is 1. The van der Waals surface area contributed by atoms with Gasteiger partial charge in [0, 0.05) is 24.1 Å². The van der Waals surface area contributed by atoms with Gasteiger partial charge in [-0.15, -0.1) is 0 Å². The van der Waals surface area contributed by atoms with Gasteiger partial charge in [0.1, 0.15) is 22.9 Å². The average molecular weight is 428 g/mol. The van der Waals surface area contributed by atoms with E-state index in [2.05, 4.69) is 0 Å². The molecule has 1 aromatic rings. The van der Waals surface area contributed by atoms with E-state index < -0.39 is 31.4 Å². The van der Waals surface area contributed by atoms with Crippen LogP contribution in [0.4, 0.5) is 5.69 Å². The Labute approximate surface area is 164 Å². The molecule has 2 rings (SSSR count). The first-order valence-corrected chi connectivity index (χ1v) is 11.4. The first-order valence-electron chi connectivity index (χ1n) is 8.37. The van der Waals surface area contributed by atoms with E-state index in [0.29, 0.717) is 17.5 Å². The average Bonchev–Trinajstić information content (AvgIpc) is 2.77. The number of rotatable bonds is 8. The lowest BCUT2D eigenvalue weighted by Gasteiger charge is -2.16. The predicted molar refractivity (Wildman–Crippen MR) is 103 cm³/mol. The molecule has 0 unspecified atom stereocenters. The Balaban J connectivity index is 2.55. The van der Waals surface area contributed by atoms with E-state index in [1.807, 2.05) is 18.4 Å². The Morgan fingerprint density at radius 2 is 1.82 bits per heavy atom. The predicted octanol–water partition coefficient (Wildman–Crippen LogP) is 1.56. The molecular weight excluding hydrogens is 406 g/mol. The largest absolute Gasteiger partial charge is 0.744 e. The van der Waals surface area contributed by atoms with Crippen molar-refractivity contribution in [3.05, 3.63) is 48.1 Å². The van der Waals surface area contributed by atoms with Crippen LogP contribution in [0.2, 0.25) is 0 Å². The first kappa shape index (κ1) is 22.2. The van der Waals surface area contributed by atoms with Gasteiger partial charge < -0.3 is 4.55 Å². The minimum atomic E-state index is -4.63. The monoisotopic (exact) mass is 427 g/mol. The summed E-state index contributed by atoms with van der Waals surface area (Å²) < 4.78 is 67.1. The van der Waals surface area contributed by atoms with Crippen LogP contribution in [0, 0.1) is 0 Å².